The highest BCUT2D eigenvalue weighted by Gasteiger charge is 2.22. The third-order valence-corrected chi connectivity index (χ3v) is 6.53. The van der Waals surface area contributed by atoms with Crippen molar-refractivity contribution in [3.8, 4) is 11.3 Å². The van der Waals surface area contributed by atoms with Gasteiger partial charge in [-0.25, -0.2) is 0 Å². The van der Waals surface area contributed by atoms with Crippen molar-refractivity contribution in [1.29, 1.82) is 0 Å². The number of rotatable bonds is 6. The summed E-state index contributed by atoms with van der Waals surface area (Å²) < 4.78 is 6.75. The Morgan fingerprint density at radius 1 is 1.32 bits per heavy atom. The molecule has 25 heavy (non-hydrogen) atoms. The van der Waals surface area contributed by atoms with Gasteiger partial charge in [0.05, 0.1) is 16.7 Å². The number of thioether (sulfide) groups is 2. The highest BCUT2D eigenvalue weighted by atomic mass is 35.5. The Kier molecular flexibility index (Phi) is 7.40. The van der Waals surface area contributed by atoms with Crippen molar-refractivity contribution < 1.29 is 9.53 Å². The van der Waals surface area contributed by atoms with Crippen LogP contribution < -0.4 is 0 Å². The molecule has 2 rings (SSSR count). The largest absolute Gasteiger partial charge is 0.465 e. The van der Waals surface area contributed by atoms with Crippen LogP contribution >= 0.6 is 58.3 Å². The topological polar surface area (TPSA) is 44.1 Å². The number of carbonyl (C=O) groups excluding carboxylic acids is 1. The average Bonchev–Trinajstić information content (AvgIpc) is 2.84. The van der Waals surface area contributed by atoms with E-state index in [-0.39, 0.29) is 5.97 Å². The fourth-order valence-corrected chi connectivity index (χ4v) is 4.76. The number of ether oxygens (including phenoxy) is 1. The van der Waals surface area contributed by atoms with Gasteiger partial charge in [-0.2, -0.15) is 5.10 Å². The molecule has 1 atom stereocenters. The summed E-state index contributed by atoms with van der Waals surface area (Å²) in [6.45, 7) is 3.88. The number of hydrogen-bond donors (Lipinski definition) is 0. The van der Waals surface area contributed by atoms with Crippen molar-refractivity contribution in [2.75, 3.05) is 12.9 Å². The van der Waals surface area contributed by atoms with Gasteiger partial charge in [-0.1, -0.05) is 34.8 Å². The molecule has 0 fully saturated rings. The first-order valence-electron chi connectivity index (χ1n) is 7.39. The van der Waals surface area contributed by atoms with Crippen molar-refractivity contribution in [2.45, 2.75) is 29.0 Å². The SMILES string of the molecule is CCOC(=O)C(C)Sc1cc(-c2nn(C)c(SC)c2Cl)c(Cl)cc1Cl. The van der Waals surface area contributed by atoms with E-state index in [1.165, 1.54) is 23.5 Å². The van der Waals surface area contributed by atoms with Crippen molar-refractivity contribution >= 4 is 64.3 Å². The Labute approximate surface area is 170 Å². The first kappa shape index (κ1) is 20.8. The lowest BCUT2D eigenvalue weighted by Crippen LogP contribution is -2.16. The van der Waals surface area contributed by atoms with E-state index < -0.39 is 5.25 Å². The van der Waals surface area contributed by atoms with E-state index >= 15 is 0 Å². The van der Waals surface area contributed by atoms with E-state index in [4.69, 9.17) is 39.5 Å². The second-order valence-corrected chi connectivity index (χ2v) is 8.44. The predicted molar refractivity (Wildman–Crippen MR) is 107 cm³/mol. The van der Waals surface area contributed by atoms with Gasteiger partial charge in [0, 0.05) is 17.5 Å². The minimum Gasteiger partial charge on any atom is -0.465 e. The molecule has 0 spiro atoms. The molecule has 1 aromatic heterocycles. The summed E-state index contributed by atoms with van der Waals surface area (Å²) in [6, 6.07) is 3.45. The van der Waals surface area contributed by atoms with Gasteiger partial charge < -0.3 is 4.74 Å². The smallest absolute Gasteiger partial charge is 0.319 e. The van der Waals surface area contributed by atoms with Crippen LogP contribution in [0.4, 0.5) is 0 Å². The van der Waals surface area contributed by atoms with Gasteiger partial charge in [0.15, 0.2) is 0 Å². The van der Waals surface area contributed by atoms with E-state index in [9.17, 15) is 4.79 Å². The lowest BCUT2D eigenvalue weighted by atomic mass is 10.1. The molecule has 0 aliphatic heterocycles. The van der Waals surface area contributed by atoms with E-state index in [0.29, 0.717) is 37.8 Å². The van der Waals surface area contributed by atoms with Crippen LogP contribution in [-0.2, 0) is 16.6 Å². The zero-order chi connectivity index (χ0) is 18.7. The molecule has 0 aliphatic rings. The Morgan fingerprint density at radius 2 is 2.00 bits per heavy atom. The maximum absolute atomic E-state index is 11.9. The number of hydrogen-bond acceptors (Lipinski definition) is 5. The number of carbonyl (C=O) groups is 1. The van der Waals surface area contributed by atoms with Crippen LogP contribution in [-0.4, -0.2) is 33.9 Å². The van der Waals surface area contributed by atoms with Crippen LogP contribution in [0.1, 0.15) is 13.8 Å². The molecule has 4 nitrogen and oxygen atoms in total. The maximum atomic E-state index is 11.9. The standard InChI is InChI=1S/C16H17Cl3N2O2S2/c1-5-23-16(22)8(2)25-12-6-9(10(17)7-11(12)18)14-13(19)15(24-4)21(3)20-14/h6-8H,5H2,1-4H3. The lowest BCUT2D eigenvalue weighted by molar-refractivity contribution is -0.142. The minimum absolute atomic E-state index is 0.291. The Morgan fingerprint density at radius 3 is 2.56 bits per heavy atom. The summed E-state index contributed by atoms with van der Waals surface area (Å²) in [5, 5.41) is 6.36. The zero-order valence-corrected chi connectivity index (χ0v) is 18.0. The first-order valence-corrected chi connectivity index (χ1v) is 10.6. The molecule has 1 unspecified atom stereocenters. The molecule has 0 aliphatic carbocycles. The molecule has 0 amide bonds. The monoisotopic (exact) mass is 438 g/mol. The number of halogens is 3. The lowest BCUT2D eigenvalue weighted by Gasteiger charge is -2.13. The molecule has 2 aromatic rings. The van der Waals surface area contributed by atoms with Crippen LogP contribution in [0.25, 0.3) is 11.3 Å². The number of nitrogens with zero attached hydrogens (tertiary/aromatic N) is 2. The Hall–Kier alpha value is -0.530. The van der Waals surface area contributed by atoms with E-state index in [1.807, 2.05) is 19.4 Å². The van der Waals surface area contributed by atoms with Crippen LogP contribution in [0.5, 0.6) is 0 Å². The third kappa shape index (κ3) is 4.61. The van der Waals surface area contributed by atoms with Gasteiger partial charge in [-0.15, -0.1) is 23.5 Å². The third-order valence-electron chi connectivity index (χ3n) is 3.33. The highest BCUT2D eigenvalue weighted by Crippen LogP contribution is 2.42. The van der Waals surface area contributed by atoms with Gasteiger partial charge in [0.2, 0.25) is 0 Å². The molecule has 9 heteroatoms. The van der Waals surface area contributed by atoms with Crippen molar-refractivity contribution in [3.63, 3.8) is 0 Å². The Balaban J connectivity index is 2.43. The number of aryl methyl sites for hydroxylation is 1. The van der Waals surface area contributed by atoms with Crippen molar-refractivity contribution in [3.05, 3.63) is 27.2 Å². The number of esters is 1. The van der Waals surface area contributed by atoms with E-state index in [1.54, 1.807) is 24.6 Å². The zero-order valence-electron chi connectivity index (χ0n) is 14.1. The van der Waals surface area contributed by atoms with Crippen molar-refractivity contribution in [2.24, 2.45) is 7.05 Å². The molecule has 0 saturated heterocycles. The fourth-order valence-electron chi connectivity index (χ4n) is 2.18. The van der Waals surface area contributed by atoms with Crippen LogP contribution in [0.15, 0.2) is 22.1 Å². The normalized spacial score (nSPS) is 12.3. The van der Waals surface area contributed by atoms with Gasteiger partial charge in [-0.05, 0) is 32.2 Å². The van der Waals surface area contributed by atoms with E-state index in [0.717, 1.165) is 5.03 Å². The molecule has 136 valence electrons. The summed E-state index contributed by atoms with van der Waals surface area (Å²) in [7, 11) is 1.82. The quantitative estimate of drug-likeness (QED) is 0.419. The van der Waals surface area contributed by atoms with E-state index in [2.05, 4.69) is 5.10 Å². The molecular formula is C16H17Cl3N2O2S2. The van der Waals surface area contributed by atoms with Gasteiger partial charge in [0.25, 0.3) is 0 Å². The molecule has 0 bridgehead atoms. The van der Waals surface area contributed by atoms with Crippen LogP contribution in [0.3, 0.4) is 0 Å². The summed E-state index contributed by atoms with van der Waals surface area (Å²) in [6.07, 6.45) is 1.93. The molecule has 1 aromatic carbocycles. The Bertz CT molecular complexity index is 796. The molecule has 0 saturated carbocycles. The summed E-state index contributed by atoms with van der Waals surface area (Å²) in [4.78, 5) is 12.6. The second kappa shape index (κ2) is 8.91. The number of aromatic nitrogens is 2. The highest BCUT2D eigenvalue weighted by molar-refractivity contribution is 8.00. The minimum atomic E-state index is -0.396. The summed E-state index contributed by atoms with van der Waals surface area (Å²) >= 11 is 21.9. The van der Waals surface area contributed by atoms with Crippen LogP contribution in [0.2, 0.25) is 15.1 Å². The first-order chi connectivity index (χ1) is 11.8. The molecule has 0 radical (unpaired) electrons. The summed E-state index contributed by atoms with van der Waals surface area (Å²) in [5.74, 6) is -0.291. The summed E-state index contributed by atoms with van der Waals surface area (Å²) in [5.41, 5.74) is 1.26. The van der Waals surface area contributed by atoms with Gasteiger partial charge in [0.1, 0.15) is 21.0 Å². The van der Waals surface area contributed by atoms with Crippen molar-refractivity contribution in [1.82, 2.24) is 9.78 Å². The predicted octanol–water partition coefficient (Wildman–Crippen LogP) is 5.81. The van der Waals surface area contributed by atoms with Gasteiger partial charge in [-0.3, -0.25) is 9.48 Å². The molecule has 0 N–H and O–H groups in total. The maximum Gasteiger partial charge on any atom is 0.319 e. The molecule has 1 heterocycles. The number of benzene rings is 1. The molecular weight excluding hydrogens is 423 g/mol. The van der Waals surface area contributed by atoms with Crippen LogP contribution in [0, 0.1) is 0 Å². The van der Waals surface area contributed by atoms with Gasteiger partial charge >= 0.3 is 5.97 Å². The average molecular weight is 440 g/mol. The fraction of sp³-hybridized carbons (Fsp3) is 0.375. The second-order valence-electron chi connectivity index (χ2n) is 5.07.